The number of aliphatic hydroxyl groups excluding tert-OH is 1. The predicted octanol–water partition coefficient (Wildman–Crippen LogP) is 3.06. The molecule has 0 aliphatic heterocycles. The second-order valence-electron chi connectivity index (χ2n) is 3.36. The molecule has 1 atom stereocenters. The molecule has 1 rings (SSSR count). The van der Waals surface area contributed by atoms with E-state index in [1.54, 1.807) is 0 Å². The highest BCUT2D eigenvalue weighted by atomic mass is 16.3. The summed E-state index contributed by atoms with van der Waals surface area (Å²) < 4.78 is 0. The Labute approximate surface area is 84.1 Å². The SMILES string of the molecule is C=C(O)CC(C#N)c1ccc(C)cc1. The number of rotatable bonds is 3. The molecule has 0 radical (unpaired) electrons. The second kappa shape index (κ2) is 4.48. The summed E-state index contributed by atoms with van der Waals surface area (Å²) in [5, 5.41) is 17.9. The number of hydrogen-bond acceptors (Lipinski definition) is 2. The van der Waals surface area contributed by atoms with Crippen LogP contribution in [0.5, 0.6) is 0 Å². The normalized spacial score (nSPS) is 11.7. The van der Waals surface area contributed by atoms with E-state index in [9.17, 15) is 0 Å². The van der Waals surface area contributed by atoms with Crippen molar-refractivity contribution in [2.45, 2.75) is 19.3 Å². The minimum Gasteiger partial charge on any atom is -0.513 e. The Morgan fingerprint density at radius 1 is 1.50 bits per heavy atom. The topological polar surface area (TPSA) is 44.0 Å². The van der Waals surface area contributed by atoms with Crippen molar-refractivity contribution < 1.29 is 5.11 Å². The van der Waals surface area contributed by atoms with E-state index >= 15 is 0 Å². The number of allylic oxidation sites excluding steroid dienone is 1. The fraction of sp³-hybridized carbons (Fsp3) is 0.250. The summed E-state index contributed by atoms with van der Waals surface area (Å²) in [7, 11) is 0. The number of aliphatic hydroxyl groups is 1. The molecule has 14 heavy (non-hydrogen) atoms. The van der Waals surface area contributed by atoms with E-state index < -0.39 is 0 Å². The Bertz CT molecular complexity index is 359. The number of nitrogens with zero attached hydrogens (tertiary/aromatic N) is 1. The first-order valence-corrected chi connectivity index (χ1v) is 4.46. The zero-order chi connectivity index (χ0) is 10.6. The van der Waals surface area contributed by atoms with Gasteiger partial charge >= 0.3 is 0 Å². The number of benzene rings is 1. The average Bonchev–Trinajstić information content (AvgIpc) is 2.15. The third kappa shape index (κ3) is 2.63. The van der Waals surface area contributed by atoms with Crippen LogP contribution >= 0.6 is 0 Å². The summed E-state index contributed by atoms with van der Waals surface area (Å²) in [6, 6.07) is 9.88. The first-order valence-electron chi connectivity index (χ1n) is 4.46. The van der Waals surface area contributed by atoms with Gasteiger partial charge in [-0.3, -0.25) is 0 Å². The van der Waals surface area contributed by atoms with Crippen LogP contribution in [0.25, 0.3) is 0 Å². The Morgan fingerprint density at radius 3 is 2.50 bits per heavy atom. The highest BCUT2D eigenvalue weighted by Crippen LogP contribution is 2.21. The van der Waals surface area contributed by atoms with Gasteiger partial charge in [-0.2, -0.15) is 5.26 Å². The van der Waals surface area contributed by atoms with Gasteiger partial charge in [0.2, 0.25) is 0 Å². The lowest BCUT2D eigenvalue weighted by molar-refractivity contribution is 0.386. The highest BCUT2D eigenvalue weighted by Gasteiger charge is 2.10. The van der Waals surface area contributed by atoms with Crippen LogP contribution in [0.2, 0.25) is 0 Å². The van der Waals surface area contributed by atoms with Gasteiger partial charge in [-0.15, -0.1) is 0 Å². The summed E-state index contributed by atoms with van der Waals surface area (Å²) in [4.78, 5) is 0. The second-order valence-corrected chi connectivity index (χ2v) is 3.36. The molecule has 0 amide bonds. The molecule has 72 valence electrons. The zero-order valence-corrected chi connectivity index (χ0v) is 8.20. The molecule has 0 aliphatic rings. The summed E-state index contributed by atoms with van der Waals surface area (Å²) in [5.74, 6) is -0.245. The van der Waals surface area contributed by atoms with Gasteiger partial charge in [-0.1, -0.05) is 36.4 Å². The largest absolute Gasteiger partial charge is 0.513 e. The van der Waals surface area contributed by atoms with Crippen LogP contribution < -0.4 is 0 Å². The molecule has 0 saturated heterocycles. The van der Waals surface area contributed by atoms with Crippen molar-refractivity contribution in [3.05, 3.63) is 47.7 Å². The first-order chi connectivity index (χ1) is 6.63. The lowest BCUT2D eigenvalue weighted by atomic mass is 9.96. The third-order valence-corrected chi connectivity index (χ3v) is 2.08. The molecular weight excluding hydrogens is 174 g/mol. The number of hydrogen-bond donors (Lipinski definition) is 1. The molecule has 0 aliphatic carbocycles. The lowest BCUT2D eigenvalue weighted by Crippen LogP contribution is -1.97. The predicted molar refractivity (Wildman–Crippen MR) is 55.9 cm³/mol. The minimum absolute atomic E-state index is 0.0529. The van der Waals surface area contributed by atoms with Crippen molar-refractivity contribution in [1.29, 1.82) is 5.26 Å². The van der Waals surface area contributed by atoms with Crippen LogP contribution in [-0.4, -0.2) is 5.11 Å². The lowest BCUT2D eigenvalue weighted by Gasteiger charge is -2.08. The van der Waals surface area contributed by atoms with Gasteiger partial charge in [0.05, 0.1) is 17.7 Å². The molecule has 2 heteroatoms. The molecule has 2 nitrogen and oxygen atoms in total. The fourth-order valence-corrected chi connectivity index (χ4v) is 1.27. The van der Waals surface area contributed by atoms with Crippen molar-refractivity contribution in [2.75, 3.05) is 0 Å². The van der Waals surface area contributed by atoms with Gasteiger partial charge in [0.15, 0.2) is 0 Å². The summed E-state index contributed by atoms with van der Waals surface area (Å²) in [6.45, 7) is 5.39. The van der Waals surface area contributed by atoms with Crippen molar-refractivity contribution in [3.63, 3.8) is 0 Å². The van der Waals surface area contributed by atoms with Crippen LogP contribution in [0.15, 0.2) is 36.6 Å². The van der Waals surface area contributed by atoms with Gasteiger partial charge in [-0.25, -0.2) is 0 Å². The molecule has 0 saturated carbocycles. The summed E-state index contributed by atoms with van der Waals surface area (Å²) >= 11 is 0. The Kier molecular flexibility index (Phi) is 3.30. The van der Waals surface area contributed by atoms with E-state index in [4.69, 9.17) is 10.4 Å². The number of aryl methyl sites for hydroxylation is 1. The zero-order valence-electron chi connectivity index (χ0n) is 8.20. The maximum absolute atomic E-state index is 9.02. The molecule has 1 unspecified atom stereocenters. The van der Waals surface area contributed by atoms with Gasteiger partial charge in [0.25, 0.3) is 0 Å². The van der Waals surface area contributed by atoms with E-state index in [-0.39, 0.29) is 11.7 Å². The monoisotopic (exact) mass is 187 g/mol. The average molecular weight is 187 g/mol. The molecule has 0 heterocycles. The molecular formula is C12H13NO. The van der Waals surface area contributed by atoms with Crippen molar-refractivity contribution in [2.24, 2.45) is 0 Å². The summed E-state index contributed by atoms with van der Waals surface area (Å²) in [6.07, 6.45) is 0.305. The Morgan fingerprint density at radius 2 is 2.07 bits per heavy atom. The van der Waals surface area contributed by atoms with Crippen LogP contribution in [-0.2, 0) is 0 Å². The molecule has 1 N–H and O–H groups in total. The highest BCUT2D eigenvalue weighted by molar-refractivity contribution is 5.29. The van der Waals surface area contributed by atoms with E-state index in [1.807, 2.05) is 31.2 Å². The maximum Gasteiger partial charge on any atom is 0.0867 e. The van der Waals surface area contributed by atoms with Crippen molar-refractivity contribution in [1.82, 2.24) is 0 Å². The van der Waals surface area contributed by atoms with Crippen molar-refractivity contribution in [3.8, 4) is 6.07 Å². The van der Waals surface area contributed by atoms with Crippen LogP contribution in [0, 0.1) is 18.3 Å². The van der Waals surface area contributed by atoms with Crippen LogP contribution in [0.4, 0.5) is 0 Å². The Hall–Kier alpha value is -1.75. The van der Waals surface area contributed by atoms with Gasteiger partial charge in [-0.05, 0) is 12.5 Å². The van der Waals surface area contributed by atoms with Gasteiger partial charge < -0.3 is 5.11 Å². The molecule has 0 fully saturated rings. The van der Waals surface area contributed by atoms with Crippen LogP contribution in [0.1, 0.15) is 23.5 Å². The van der Waals surface area contributed by atoms with E-state index in [2.05, 4.69) is 12.6 Å². The standard InChI is InChI=1S/C12H13NO/c1-9-3-5-11(6-4-9)12(8-13)7-10(2)14/h3-6,12,14H,2,7H2,1H3. The minimum atomic E-state index is -0.298. The van der Waals surface area contributed by atoms with Crippen molar-refractivity contribution >= 4 is 0 Å². The molecule has 0 bridgehead atoms. The molecule has 1 aromatic rings. The van der Waals surface area contributed by atoms with Crippen LogP contribution in [0.3, 0.4) is 0 Å². The van der Waals surface area contributed by atoms with E-state index in [0.717, 1.165) is 11.1 Å². The molecule has 0 aromatic heterocycles. The maximum atomic E-state index is 9.02. The quantitative estimate of drug-likeness (QED) is 0.739. The van der Waals surface area contributed by atoms with E-state index in [1.165, 1.54) is 0 Å². The van der Waals surface area contributed by atoms with E-state index in [0.29, 0.717) is 6.42 Å². The first kappa shape index (κ1) is 10.3. The van der Waals surface area contributed by atoms with Gasteiger partial charge in [0.1, 0.15) is 0 Å². The Balaban J connectivity index is 2.85. The third-order valence-electron chi connectivity index (χ3n) is 2.08. The molecule has 1 aromatic carbocycles. The van der Waals surface area contributed by atoms with Gasteiger partial charge in [0, 0.05) is 6.42 Å². The smallest absolute Gasteiger partial charge is 0.0867 e. The molecule has 0 spiro atoms. The summed E-state index contributed by atoms with van der Waals surface area (Å²) in [5.41, 5.74) is 2.08. The number of nitriles is 1. The fourth-order valence-electron chi connectivity index (χ4n) is 1.27.